The van der Waals surface area contributed by atoms with E-state index in [0.717, 1.165) is 92.5 Å². The van der Waals surface area contributed by atoms with Crippen molar-refractivity contribution in [3.05, 3.63) is 78.5 Å². The molecule has 6 nitrogen and oxygen atoms in total. The van der Waals surface area contributed by atoms with E-state index in [4.69, 9.17) is 8.83 Å². The van der Waals surface area contributed by atoms with E-state index in [1.807, 2.05) is 13.0 Å². The second kappa shape index (κ2) is 9.67. The lowest BCUT2D eigenvalue weighted by Crippen LogP contribution is -2.34. The van der Waals surface area contributed by atoms with Crippen LogP contribution in [-0.4, -0.2) is 26.2 Å². The Bertz CT molecular complexity index is 1820. The summed E-state index contributed by atoms with van der Waals surface area (Å²) in [6.45, 7) is 5.93. The Labute approximate surface area is 234 Å². The summed E-state index contributed by atoms with van der Waals surface area (Å²) >= 11 is 0. The highest BCUT2D eigenvalue weighted by Gasteiger charge is 2.36. The van der Waals surface area contributed by atoms with Gasteiger partial charge >= 0.3 is 17.4 Å². The molecule has 0 saturated heterocycles. The number of alkyl halides is 3. The lowest BCUT2D eigenvalue weighted by molar-refractivity contribution is -0.136. The molecule has 0 amide bonds. The molecule has 0 spiro atoms. The van der Waals surface area contributed by atoms with Gasteiger partial charge in [-0.05, 0) is 87.6 Å². The fraction of sp³-hybridized carbons (Fsp3) is 0.438. The molecule has 214 valence electrons. The summed E-state index contributed by atoms with van der Waals surface area (Å²) in [5.41, 5.74) is 6.35. The summed E-state index contributed by atoms with van der Waals surface area (Å²) in [5, 5.41) is 1.11. The van der Waals surface area contributed by atoms with Crippen LogP contribution in [0.4, 0.5) is 24.5 Å². The average molecular weight is 565 g/mol. The van der Waals surface area contributed by atoms with Gasteiger partial charge in [-0.2, -0.15) is 13.2 Å². The SMILES string of the molecule is Cc1cc2cc3c4c(c2oc1=O)CCCN4CCC3.O=c1cc(C(F)(F)F)c2cc3c4c(c2o1)CCCN4CCC3. The highest BCUT2D eigenvalue weighted by molar-refractivity contribution is 5.91. The molecule has 4 aliphatic heterocycles. The van der Waals surface area contributed by atoms with Crippen LogP contribution in [0.15, 0.2) is 42.7 Å². The Hall–Kier alpha value is -3.75. The maximum absolute atomic E-state index is 13.3. The molecular weight excluding hydrogens is 533 g/mol. The Morgan fingerprint density at radius 2 is 1.27 bits per heavy atom. The molecule has 0 N–H and O–H groups in total. The van der Waals surface area contributed by atoms with Gasteiger partial charge in [-0.1, -0.05) is 0 Å². The van der Waals surface area contributed by atoms with Crippen molar-refractivity contribution in [1.82, 2.24) is 0 Å². The molecular formula is C32H31F3N2O4. The van der Waals surface area contributed by atoms with E-state index in [2.05, 4.69) is 15.9 Å². The maximum Gasteiger partial charge on any atom is 0.417 e. The number of fused-ring (bicyclic) bond motifs is 4. The first-order valence-electron chi connectivity index (χ1n) is 14.5. The predicted molar refractivity (Wildman–Crippen MR) is 152 cm³/mol. The van der Waals surface area contributed by atoms with Crippen LogP contribution >= 0.6 is 0 Å². The predicted octanol–water partition coefficient (Wildman–Crippen LogP) is 6.31. The summed E-state index contributed by atoms with van der Waals surface area (Å²) in [6.07, 6.45) is 3.23. The second-order valence-corrected chi connectivity index (χ2v) is 11.6. The number of hydrogen-bond acceptors (Lipinski definition) is 6. The number of anilines is 2. The van der Waals surface area contributed by atoms with E-state index in [9.17, 15) is 22.8 Å². The standard InChI is InChI=1S/C16H14F3NO2.C16H17NO2/c17-16(18,19)12-8-13(21)22-15-10-4-2-6-20-5-1-3-9(14(10)20)7-11(12)15;1-10-8-12-9-11-4-2-6-17-7-3-5-13(14(11)17)15(12)19-16(10)18/h7-8H,1-6H2;8-9H,2-7H2,1H3. The number of aryl methyl sites for hydroxylation is 5. The minimum absolute atomic E-state index is 0.0181. The Morgan fingerprint density at radius 1 is 0.707 bits per heavy atom. The molecule has 0 aliphatic carbocycles. The highest BCUT2D eigenvalue weighted by Crippen LogP contribution is 2.43. The molecule has 9 heteroatoms. The fourth-order valence-electron chi connectivity index (χ4n) is 7.26. The monoisotopic (exact) mass is 564 g/mol. The second-order valence-electron chi connectivity index (χ2n) is 11.6. The van der Waals surface area contributed by atoms with E-state index in [-0.39, 0.29) is 16.6 Å². The van der Waals surface area contributed by atoms with Gasteiger partial charge in [0.1, 0.15) is 11.2 Å². The van der Waals surface area contributed by atoms with Crippen molar-refractivity contribution in [3.63, 3.8) is 0 Å². The van der Waals surface area contributed by atoms with Gasteiger partial charge in [0.2, 0.25) is 0 Å². The van der Waals surface area contributed by atoms with Crippen LogP contribution < -0.4 is 21.1 Å². The van der Waals surface area contributed by atoms with Crippen LogP contribution in [-0.2, 0) is 31.9 Å². The van der Waals surface area contributed by atoms with Crippen LogP contribution in [0, 0.1) is 6.92 Å². The third-order valence-electron chi connectivity index (χ3n) is 8.92. The molecule has 0 fully saturated rings. The third kappa shape index (κ3) is 4.41. The van der Waals surface area contributed by atoms with Crippen molar-refractivity contribution in [2.24, 2.45) is 0 Å². The molecule has 4 aromatic rings. The van der Waals surface area contributed by atoms with Crippen molar-refractivity contribution in [2.45, 2.75) is 64.5 Å². The Balaban J connectivity index is 0.000000136. The molecule has 0 unspecified atom stereocenters. The molecule has 4 aliphatic rings. The van der Waals surface area contributed by atoms with E-state index in [0.29, 0.717) is 18.1 Å². The lowest BCUT2D eigenvalue weighted by atomic mass is 9.89. The van der Waals surface area contributed by atoms with Crippen LogP contribution in [0.3, 0.4) is 0 Å². The largest absolute Gasteiger partial charge is 0.422 e. The van der Waals surface area contributed by atoms with E-state index < -0.39 is 17.4 Å². The van der Waals surface area contributed by atoms with Gasteiger partial charge in [-0.25, -0.2) is 9.59 Å². The summed E-state index contributed by atoms with van der Waals surface area (Å²) in [4.78, 5) is 28.1. The topological polar surface area (TPSA) is 66.9 Å². The molecule has 0 bridgehead atoms. The summed E-state index contributed by atoms with van der Waals surface area (Å²) in [6, 6.07) is 6.33. The van der Waals surface area contributed by atoms with Crippen molar-refractivity contribution in [1.29, 1.82) is 0 Å². The van der Waals surface area contributed by atoms with Crippen LogP contribution in [0.2, 0.25) is 0 Å². The van der Waals surface area contributed by atoms with Crippen molar-refractivity contribution in [2.75, 3.05) is 36.0 Å². The fourth-order valence-corrected chi connectivity index (χ4v) is 7.26. The summed E-state index contributed by atoms with van der Waals surface area (Å²) < 4.78 is 50.6. The zero-order valence-electron chi connectivity index (χ0n) is 23.0. The summed E-state index contributed by atoms with van der Waals surface area (Å²) in [7, 11) is 0. The molecule has 0 atom stereocenters. The van der Waals surface area contributed by atoms with Gasteiger partial charge in [0.05, 0.1) is 5.56 Å². The number of rotatable bonds is 0. The van der Waals surface area contributed by atoms with E-state index >= 15 is 0 Å². The lowest BCUT2D eigenvalue weighted by Gasteiger charge is -2.37. The van der Waals surface area contributed by atoms with Crippen molar-refractivity contribution in [3.8, 4) is 0 Å². The highest BCUT2D eigenvalue weighted by atomic mass is 19.4. The van der Waals surface area contributed by atoms with Gasteiger partial charge in [0, 0.05) is 71.1 Å². The van der Waals surface area contributed by atoms with Crippen molar-refractivity contribution < 1.29 is 22.0 Å². The quantitative estimate of drug-likeness (QED) is 0.233. The Morgan fingerprint density at radius 3 is 1.88 bits per heavy atom. The zero-order chi connectivity index (χ0) is 28.5. The van der Waals surface area contributed by atoms with Gasteiger partial charge in [-0.15, -0.1) is 0 Å². The molecule has 2 aromatic heterocycles. The molecule has 0 saturated carbocycles. The third-order valence-corrected chi connectivity index (χ3v) is 8.92. The first kappa shape index (κ1) is 26.2. The van der Waals surface area contributed by atoms with E-state index in [1.165, 1.54) is 23.2 Å². The summed E-state index contributed by atoms with van der Waals surface area (Å²) in [5.74, 6) is 0. The number of halogens is 3. The minimum atomic E-state index is -4.56. The van der Waals surface area contributed by atoms with Gasteiger partial charge < -0.3 is 18.6 Å². The molecule has 2 aromatic carbocycles. The van der Waals surface area contributed by atoms with Crippen LogP contribution in [0.5, 0.6) is 0 Å². The van der Waals surface area contributed by atoms with Crippen LogP contribution in [0.25, 0.3) is 21.9 Å². The first-order valence-corrected chi connectivity index (χ1v) is 14.5. The van der Waals surface area contributed by atoms with E-state index in [1.54, 1.807) is 6.07 Å². The van der Waals surface area contributed by atoms with Crippen LogP contribution in [0.1, 0.15) is 59.1 Å². The molecule has 41 heavy (non-hydrogen) atoms. The minimum Gasteiger partial charge on any atom is -0.422 e. The Kier molecular flexibility index (Phi) is 6.17. The first-order chi connectivity index (χ1) is 19.7. The molecule has 6 heterocycles. The van der Waals surface area contributed by atoms with Gasteiger partial charge in [0.25, 0.3) is 0 Å². The van der Waals surface area contributed by atoms with Crippen molar-refractivity contribution >= 4 is 33.3 Å². The molecule has 0 radical (unpaired) electrons. The van der Waals surface area contributed by atoms with Gasteiger partial charge in [-0.3, -0.25) is 0 Å². The maximum atomic E-state index is 13.3. The molecule has 8 rings (SSSR count). The normalized spacial score (nSPS) is 17.7. The number of nitrogens with zero attached hydrogens (tertiary/aromatic N) is 2. The average Bonchev–Trinajstić information content (AvgIpc) is 2.95. The number of hydrogen-bond donors (Lipinski definition) is 0. The smallest absolute Gasteiger partial charge is 0.417 e. The van der Waals surface area contributed by atoms with Gasteiger partial charge in [0.15, 0.2) is 0 Å². The number of benzene rings is 2. The zero-order valence-corrected chi connectivity index (χ0v) is 23.0.